The molecule has 0 aliphatic carbocycles. The van der Waals surface area contributed by atoms with E-state index in [0.29, 0.717) is 0 Å². The Labute approximate surface area is 120 Å². The number of aryl methyl sites for hydroxylation is 1. The molecule has 0 unspecified atom stereocenters. The van der Waals surface area contributed by atoms with E-state index in [2.05, 4.69) is 47.5 Å². The summed E-state index contributed by atoms with van der Waals surface area (Å²) in [5.41, 5.74) is 6.73. The molecule has 1 aliphatic rings. The van der Waals surface area contributed by atoms with Gasteiger partial charge in [0.1, 0.15) is 0 Å². The summed E-state index contributed by atoms with van der Waals surface area (Å²) >= 11 is 0. The van der Waals surface area contributed by atoms with Gasteiger partial charge in [0.05, 0.1) is 6.20 Å². The fraction of sp³-hybridized carbons (Fsp3) is 0.438. The third-order valence-corrected chi connectivity index (χ3v) is 4.25. The maximum atomic E-state index is 4.27. The van der Waals surface area contributed by atoms with Crippen LogP contribution in [0, 0.1) is 6.92 Å². The fourth-order valence-corrected chi connectivity index (χ4v) is 2.79. The molecule has 0 saturated carbocycles. The lowest BCUT2D eigenvalue weighted by Crippen LogP contribution is -2.14. The third kappa shape index (κ3) is 2.43. The molecule has 2 heterocycles. The highest BCUT2D eigenvalue weighted by Gasteiger charge is 2.15. The number of aromatic nitrogens is 2. The van der Waals surface area contributed by atoms with Crippen molar-refractivity contribution in [3.05, 3.63) is 46.8 Å². The van der Waals surface area contributed by atoms with Crippen LogP contribution in [-0.4, -0.2) is 23.4 Å². The molecule has 4 nitrogen and oxygen atoms in total. The van der Waals surface area contributed by atoms with E-state index in [1.807, 2.05) is 17.9 Å². The number of rotatable bonds is 4. The van der Waals surface area contributed by atoms with E-state index in [-0.39, 0.29) is 0 Å². The molecule has 0 fully saturated rings. The summed E-state index contributed by atoms with van der Waals surface area (Å²) in [6.07, 6.45) is 3.11. The van der Waals surface area contributed by atoms with Gasteiger partial charge >= 0.3 is 0 Å². The van der Waals surface area contributed by atoms with Crippen molar-refractivity contribution >= 4 is 5.69 Å². The molecule has 20 heavy (non-hydrogen) atoms. The summed E-state index contributed by atoms with van der Waals surface area (Å²) in [5.74, 6) is 0. The van der Waals surface area contributed by atoms with Crippen LogP contribution in [0.2, 0.25) is 0 Å². The summed E-state index contributed by atoms with van der Waals surface area (Å²) in [6, 6.07) is 6.81. The quantitative estimate of drug-likeness (QED) is 0.922. The largest absolute Gasteiger partial charge is 0.374 e. The van der Waals surface area contributed by atoms with Gasteiger partial charge in [0.25, 0.3) is 0 Å². The highest BCUT2D eigenvalue weighted by Crippen LogP contribution is 2.27. The van der Waals surface area contributed by atoms with Crippen molar-refractivity contribution in [1.82, 2.24) is 15.1 Å². The number of nitrogens with one attached hydrogen (secondary N) is 1. The predicted molar refractivity (Wildman–Crippen MR) is 81.9 cm³/mol. The first-order chi connectivity index (χ1) is 9.65. The van der Waals surface area contributed by atoms with Crippen LogP contribution >= 0.6 is 0 Å². The van der Waals surface area contributed by atoms with Crippen molar-refractivity contribution in [2.45, 2.75) is 26.4 Å². The van der Waals surface area contributed by atoms with Gasteiger partial charge in [-0.15, -0.1) is 0 Å². The van der Waals surface area contributed by atoms with Crippen molar-refractivity contribution < 1.29 is 0 Å². The van der Waals surface area contributed by atoms with Crippen LogP contribution < -0.4 is 10.2 Å². The molecule has 1 aliphatic heterocycles. The van der Waals surface area contributed by atoms with Gasteiger partial charge in [0.2, 0.25) is 0 Å². The highest BCUT2D eigenvalue weighted by atomic mass is 15.3. The van der Waals surface area contributed by atoms with Gasteiger partial charge in [-0.25, -0.2) is 0 Å². The molecule has 1 aromatic heterocycles. The van der Waals surface area contributed by atoms with Crippen molar-refractivity contribution in [3.8, 4) is 0 Å². The Bertz CT molecular complexity index is 615. The van der Waals surface area contributed by atoms with Crippen LogP contribution in [0.25, 0.3) is 0 Å². The lowest BCUT2D eigenvalue weighted by atomic mass is 10.1. The second-order valence-corrected chi connectivity index (χ2v) is 5.62. The zero-order valence-corrected chi connectivity index (χ0v) is 12.5. The predicted octanol–water partition coefficient (Wildman–Crippen LogP) is 2.01. The molecule has 106 valence electrons. The first-order valence-corrected chi connectivity index (χ1v) is 7.16. The zero-order chi connectivity index (χ0) is 14.1. The fourth-order valence-electron chi connectivity index (χ4n) is 2.79. The average molecular weight is 270 g/mol. The molecule has 1 aromatic carbocycles. The van der Waals surface area contributed by atoms with Crippen molar-refractivity contribution in [1.29, 1.82) is 0 Å². The summed E-state index contributed by atoms with van der Waals surface area (Å²) in [5, 5.41) is 7.78. The van der Waals surface area contributed by atoms with Gasteiger partial charge < -0.3 is 10.2 Å². The zero-order valence-electron chi connectivity index (χ0n) is 12.5. The van der Waals surface area contributed by atoms with Gasteiger partial charge in [-0.2, -0.15) is 5.10 Å². The van der Waals surface area contributed by atoms with Gasteiger partial charge in [0, 0.05) is 50.7 Å². The second-order valence-electron chi connectivity index (χ2n) is 5.62. The minimum Gasteiger partial charge on any atom is -0.374 e. The Kier molecular flexibility index (Phi) is 3.49. The Morgan fingerprint density at radius 2 is 2.10 bits per heavy atom. The number of fused-ring (bicyclic) bond motifs is 1. The SMILES string of the molecule is Cc1c(CNCc2ccc3c(c2)CCN3C)cnn1C. The standard InChI is InChI=1S/C16H22N4/c1-12-15(11-18-20(12)3)10-17-9-13-4-5-16-14(8-13)6-7-19(16)2/h4-5,8,11,17H,6-7,9-10H2,1-3H3. The van der Waals surface area contributed by atoms with Crippen molar-refractivity contribution in [2.75, 3.05) is 18.5 Å². The van der Waals surface area contributed by atoms with Crippen LogP contribution in [0.4, 0.5) is 5.69 Å². The van der Waals surface area contributed by atoms with Crippen molar-refractivity contribution in [2.24, 2.45) is 7.05 Å². The normalized spacial score (nSPS) is 13.8. The molecular weight excluding hydrogens is 248 g/mol. The van der Waals surface area contributed by atoms with E-state index in [4.69, 9.17) is 0 Å². The number of hydrogen-bond acceptors (Lipinski definition) is 3. The Hall–Kier alpha value is -1.81. The van der Waals surface area contributed by atoms with Gasteiger partial charge in [-0.1, -0.05) is 12.1 Å². The van der Waals surface area contributed by atoms with Gasteiger partial charge in [0.15, 0.2) is 0 Å². The number of likely N-dealkylation sites (N-methyl/N-ethyl adjacent to an activating group) is 1. The summed E-state index contributed by atoms with van der Waals surface area (Å²) in [7, 11) is 4.14. The molecule has 4 heteroatoms. The lowest BCUT2D eigenvalue weighted by Gasteiger charge is -2.12. The first kappa shape index (κ1) is 13.2. The minimum absolute atomic E-state index is 0.872. The second kappa shape index (κ2) is 5.29. The highest BCUT2D eigenvalue weighted by molar-refractivity contribution is 5.58. The Morgan fingerprint density at radius 1 is 1.25 bits per heavy atom. The lowest BCUT2D eigenvalue weighted by molar-refractivity contribution is 0.684. The van der Waals surface area contributed by atoms with Crippen LogP contribution in [-0.2, 0) is 26.6 Å². The van der Waals surface area contributed by atoms with E-state index in [9.17, 15) is 0 Å². The maximum Gasteiger partial charge on any atom is 0.0537 e. The van der Waals surface area contributed by atoms with E-state index in [0.717, 1.165) is 19.6 Å². The van der Waals surface area contributed by atoms with Crippen LogP contribution in [0.3, 0.4) is 0 Å². The van der Waals surface area contributed by atoms with Gasteiger partial charge in [-0.05, 0) is 30.5 Å². The number of benzene rings is 1. The molecule has 1 N–H and O–H groups in total. The minimum atomic E-state index is 0.872. The molecule has 0 spiro atoms. The molecule has 0 radical (unpaired) electrons. The molecule has 0 bridgehead atoms. The summed E-state index contributed by atoms with van der Waals surface area (Å²) < 4.78 is 1.92. The van der Waals surface area contributed by atoms with Crippen molar-refractivity contribution in [3.63, 3.8) is 0 Å². The Balaban J connectivity index is 1.61. The number of hydrogen-bond donors (Lipinski definition) is 1. The van der Waals surface area contributed by atoms with Crippen LogP contribution in [0.1, 0.15) is 22.4 Å². The van der Waals surface area contributed by atoms with Crippen LogP contribution in [0.15, 0.2) is 24.4 Å². The van der Waals surface area contributed by atoms with Gasteiger partial charge in [-0.3, -0.25) is 4.68 Å². The molecule has 3 rings (SSSR count). The molecular formula is C16H22N4. The summed E-state index contributed by atoms with van der Waals surface area (Å²) in [6.45, 7) is 5.03. The first-order valence-electron chi connectivity index (χ1n) is 7.16. The van der Waals surface area contributed by atoms with E-state index in [1.165, 1.54) is 34.5 Å². The molecule has 0 amide bonds. The van der Waals surface area contributed by atoms with E-state index >= 15 is 0 Å². The maximum absolute atomic E-state index is 4.27. The topological polar surface area (TPSA) is 33.1 Å². The summed E-state index contributed by atoms with van der Waals surface area (Å²) in [4.78, 5) is 2.32. The van der Waals surface area contributed by atoms with Crippen LogP contribution in [0.5, 0.6) is 0 Å². The molecule has 0 saturated heterocycles. The number of anilines is 1. The monoisotopic (exact) mass is 270 g/mol. The van der Waals surface area contributed by atoms with E-state index in [1.54, 1.807) is 0 Å². The van der Waals surface area contributed by atoms with E-state index < -0.39 is 0 Å². The number of nitrogens with zero attached hydrogens (tertiary/aromatic N) is 3. The smallest absolute Gasteiger partial charge is 0.0537 e. The average Bonchev–Trinajstić information content (AvgIpc) is 2.96. The Morgan fingerprint density at radius 3 is 2.85 bits per heavy atom. The third-order valence-electron chi connectivity index (χ3n) is 4.25. The molecule has 2 aromatic rings. The molecule has 0 atom stereocenters.